The monoisotopic (exact) mass is 295 g/mol. The van der Waals surface area contributed by atoms with Crippen molar-refractivity contribution >= 4 is 22.8 Å². The van der Waals surface area contributed by atoms with E-state index in [0.29, 0.717) is 29.8 Å². The minimum absolute atomic E-state index is 0.0131. The molecule has 0 fully saturated rings. The second-order valence-corrected chi connectivity index (χ2v) is 6.01. The van der Waals surface area contributed by atoms with Gasteiger partial charge in [0.15, 0.2) is 5.12 Å². The Hall–Kier alpha value is -1.37. The molecular formula is C14H17NO4S. The fraction of sp³-hybridized carbons (Fsp3) is 0.429. The molecule has 0 bridgehead atoms. The second kappa shape index (κ2) is 6.39. The summed E-state index contributed by atoms with van der Waals surface area (Å²) in [5.74, 6) is 0.301. The average molecular weight is 295 g/mol. The van der Waals surface area contributed by atoms with E-state index in [1.54, 1.807) is 18.2 Å². The summed E-state index contributed by atoms with van der Waals surface area (Å²) in [7, 11) is 0. The second-order valence-electron chi connectivity index (χ2n) is 4.74. The molecule has 0 aromatic heterocycles. The molecule has 2 atom stereocenters. The zero-order valence-corrected chi connectivity index (χ0v) is 11.9. The number of amides is 1. The molecule has 2 unspecified atom stereocenters. The van der Waals surface area contributed by atoms with Gasteiger partial charge in [-0.1, -0.05) is 23.9 Å². The van der Waals surface area contributed by atoms with E-state index in [9.17, 15) is 19.8 Å². The lowest BCUT2D eigenvalue weighted by atomic mass is 9.98. The maximum Gasteiger partial charge on any atom is 0.251 e. The summed E-state index contributed by atoms with van der Waals surface area (Å²) in [4.78, 5) is 22.4. The van der Waals surface area contributed by atoms with Crippen LogP contribution in [-0.4, -0.2) is 33.1 Å². The van der Waals surface area contributed by atoms with Crippen molar-refractivity contribution < 1.29 is 19.8 Å². The molecule has 0 saturated heterocycles. The SMILES string of the molecule is CC(=O)SCCC(O)C(O)c1ccc2c(c1)C(=O)NC2. The third-order valence-corrected chi connectivity index (χ3v) is 4.09. The Morgan fingerprint density at radius 2 is 2.20 bits per heavy atom. The first kappa shape index (κ1) is 15.0. The van der Waals surface area contributed by atoms with E-state index in [-0.39, 0.29) is 11.0 Å². The van der Waals surface area contributed by atoms with Crippen LogP contribution in [0.2, 0.25) is 0 Å². The van der Waals surface area contributed by atoms with Gasteiger partial charge in [0.25, 0.3) is 5.91 Å². The van der Waals surface area contributed by atoms with Crippen LogP contribution in [0.3, 0.4) is 0 Å². The highest BCUT2D eigenvalue weighted by molar-refractivity contribution is 8.13. The number of hydrogen-bond donors (Lipinski definition) is 3. The van der Waals surface area contributed by atoms with Crippen molar-refractivity contribution in [2.75, 3.05) is 5.75 Å². The molecule has 1 aromatic rings. The van der Waals surface area contributed by atoms with E-state index in [4.69, 9.17) is 0 Å². The molecule has 0 spiro atoms. The number of nitrogens with one attached hydrogen (secondary N) is 1. The van der Waals surface area contributed by atoms with E-state index < -0.39 is 12.2 Å². The van der Waals surface area contributed by atoms with Gasteiger partial charge in [0.05, 0.1) is 6.10 Å². The zero-order chi connectivity index (χ0) is 14.7. The molecule has 2 rings (SSSR count). The highest BCUT2D eigenvalue weighted by atomic mass is 32.2. The Bertz CT molecular complexity index is 532. The maximum absolute atomic E-state index is 11.6. The predicted octanol–water partition coefficient (Wildman–Crippen LogP) is 0.994. The van der Waals surface area contributed by atoms with Gasteiger partial charge in [-0.15, -0.1) is 0 Å². The average Bonchev–Trinajstić information content (AvgIpc) is 2.78. The lowest BCUT2D eigenvalue weighted by Crippen LogP contribution is -2.19. The number of benzene rings is 1. The number of hydrogen-bond acceptors (Lipinski definition) is 5. The standard InChI is InChI=1S/C14H17NO4S/c1-8(16)20-5-4-12(17)13(18)9-2-3-10-7-15-14(19)11(10)6-9/h2-3,6,12-13,17-18H,4-5,7H2,1H3,(H,15,19). The summed E-state index contributed by atoms with van der Waals surface area (Å²) in [6.07, 6.45) is -1.69. The smallest absolute Gasteiger partial charge is 0.251 e. The van der Waals surface area contributed by atoms with E-state index in [1.165, 1.54) is 6.92 Å². The first-order chi connectivity index (χ1) is 9.49. The molecule has 1 heterocycles. The first-order valence-electron chi connectivity index (χ1n) is 6.39. The molecule has 6 heteroatoms. The number of carbonyl (C=O) groups is 2. The van der Waals surface area contributed by atoms with E-state index >= 15 is 0 Å². The van der Waals surface area contributed by atoms with Crippen molar-refractivity contribution in [3.8, 4) is 0 Å². The summed E-state index contributed by atoms with van der Waals surface area (Å²) >= 11 is 1.12. The van der Waals surface area contributed by atoms with Gasteiger partial charge < -0.3 is 15.5 Å². The van der Waals surface area contributed by atoms with Crippen molar-refractivity contribution in [2.24, 2.45) is 0 Å². The third-order valence-electron chi connectivity index (χ3n) is 3.24. The van der Waals surface area contributed by atoms with Gasteiger partial charge in [-0.3, -0.25) is 9.59 Å². The summed E-state index contributed by atoms with van der Waals surface area (Å²) in [5.41, 5.74) is 1.96. The lowest BCUT2D eigenvalue weighted by Gasteiger charge is -2.18. The molecule has 5 nitrogen and oxygen atoms in total. The molecule has 3 N–H and O–H groups in total. The topological polar surface area (TPSA) is 86.6 Å². The molecule has 1 aromatic carbocycles. The van der Waals surface area contributed by atoms with Crippen LogP contribution in [-0.2, 0) is 11.3 Å². The fourth-order valence-electron chi connectivity index (χ4n) is 2.12. The minimum Gasteiger partial charge on any atom is -0.390 e. The van der Waals surface area contributed by atoms with Gasteiger partial charge in [0.1, 0.15) is 6.10 Å². The first-order valence-corrected chi connectivity index (χ1v) is 7.38. The molecule has 20 heavy (non-hydrogen) atoms. The highest BCUT2D eigenvalue weighted by Gasteiger charge is 2.23. The van der Waals surface area contributed by atoms with Gasteiger partial charge in [-0.05, 0) is 23.6 Å². The number of carbonyl (C=O) groups excluding carboxylic acids is 2. The van der Waals surface area contributed by atoms with Gasteiger partial charge in [-0.2, -0.15) is 0 Å². The summed E-state index contributed by atoms with van der Waals surface area (Å²) < 4.78 is 0. The predicted molar refractivity (Wildman–Crippen MR) is 76.3 cm³/mol. The molecule has 1 aliphatic heterocycles. The lowest BCUT2D eigenvalue weighted by molar-refractivity contribution is -0.109. The summed E-state index contributed by atoms with van der Waals surface area (Å²) in [6.45, 7) is 1.97. The molecule has 0 aliphatic carbocycles. The van der Waals surface area contributed by atoms with Gasteiger partial charge in [0, 0.05) is 24.8 Å². The Labute approximate surface area is 121 Å². The van der Waals surface area contributed by atoms with Crippen LogP contribution in [0.1, 0.15) is 40.9 Å². The van der Waals surface area contributed by atoms with Gasteiger partial charge in [-0.25, -0.2) is 0 Å². The Balaban J connectivity index is 2.02. The summed E-state index contributed by atoms with van der Waals surface area (Å²) in [6, 6.07) is 5.11. The van der Waals surface area contributed by atoms with Crippen molar-refractivity contribution in [2.45, 2.75) is 32.1 Å². The molecule has 108 valence electrons. The number of thioether (sulfide) groups is 1. The van der Waals surface area contributed by atoms with Gasteiger partial charge >= 0.3 is 0 Å². The Kier molecular flexibility index (Phi) is 4.80. The zero-order valence-electron chi connectivity index (χ0n) is 11.1. The van der Waals surface area contributed by atoms with E-state index in [0.717, 1.165) is 17.3 Å². The van der Waals surface area contributed by atoms with Crippen LogP contribution in [0, 0.1) is 0 Å². The minimum atomic E-state index is -1.05. The van der Waals surface area contributed by atoms with Crippen molar-refractivity contribution in [1.29, 1.82) is 0 Å². The molecule has 0 radical (unpaired) electrons. The van der Waals surface area contributed by atoms with Crippen molar-refractivity contribution in [3.63, 3.8) is 0 Å². The van der Waals surface area contributed by atoms with Crippen LogP contribution in [0.25, 0.3) is 0 Å². The van der Waals surface area contributed by atoms with Crippen molar-refractivity contribution in [3.05, 3.63) is 34.9 Å². The van der Waals surface area contributed by atoms with Crippen LogP contribution in [0.5, 0.6) is 0 Å². The number of rotatable bonds is 5. The quantitative estimate of drug-likeness (QED) is 0.754. The van der Waals surface area contributed by atoms with Crippen LogP contribution in [0.4, 0.5) is 0 Å². The van der Waals surface area contributed by atoms with E-state index in [2.05, 4.69) is 5.32 Å². The molecule has 1 amide bonds. The van der Waals surface area contributed by atoms with Crippen LogP contribution >= 0.6 is 11.8 Å². The normalized spacial score (nSPS) is 16.4. The largest absolute Gasteiger partial charge is 0.390 e. The maximum atomic E-state index is 11.6. The Morgan fingerprint density at radius 3 is 2.90 bits per heavy atom. The highest BCUT2D eigenvalue weighted by Crippen LogP contribution is 2.25. The van der Waals surface area contributed by atoms with E-state index in [1.807, 2.05) is 0 Å². The van der Waals surface area contributed by atoms with Crippen LogP contribution in [0.15, 0.2) is 18.2 Å². The third kappa shape index (κ3) is 3.39. The fourth-order valence-corrected chi connectivity index (χ4v) is 2.76. The number of aliphatic hydroxyl groups is 2. The Morgan fingerprint density at radius 1 is 1.45 bits per heavy atom. The summed E-state index contributed by atoms with van der Waals surface area (Å²) in [5, 5.41) is 22.7. The number of fused-ring (bicyclic) bond motifs is 1. The molecular weight excluding hydrogens is 278 g/mol. The molecule has 0 saturated carbocycles. The van der Waals surface area contributed by atoms with Crippen molar-refractivity contribution in [1.82, 2.24) is 5.32 Å². The number of aliphatic hydroxyl groups excluding tert-OH is 2. The van der Waals surface area contributed by atoms with Gasteiger partial charge in [0.2, 0.25) is 0 Å². The van der Waals surface area contributed by atoms with Crippen LogP contribution < -0.4 is 5.32 Å². The molecule has 1 aliphatic rings.